The summed E-state index contributed by atoms with van der Waals surface area (Å²) in [5, 5.41) is 2.72. The second-order valence-corrected chi connectivity index (χ2v) is 3.67. The Morgan fingerprint density at radius 2 is 1.93 bits per heavy atom. The predicted octanol–water partition coefficient (Wildman–Crippen LogP) is 2.16. The van der Waals surface area contributed by atoms with Crippen LogP contribution in [0, 0.1) is 6.92 Å². The lowest BCUT2D eigenvalue weighted by Crippen LogP contribution is -2.23. The molecule has 2 atom stereocenters. The van der Waals surface area contributed by atoms with E-state index >= 15 is 0 Å². The molecule has 1 amide bonds. The molecule has 1 aliphatic heterocycles. The summed E-state index contributed by atoms with van der Waals surface area (Å²) >= 11 is 0. The van der Waals surface area contributed by atoms with Crippen LogP contribution >= 0.6 is 0 Å². The molecule has 0 aliphatic carbocycles. The Morgan fingerprint density at radius 3 is 2.43 bits per heavy atom. The molecule has 1 heterocycles. The van der Waals surface area contributed by atoms with E-state index < -0.39 is 0 Å². The molecule has 0 radical (unpaired) electrons. The second kappa shape index (κ2) is 3.33. The summed E-state index contributed by atoms with van der Waals surface area (Å²) in [6, 6.07) is 8.08. The highest BCUT2D eigenvalue weighted by atomic mass is 16.6. The van der Waals surface area contributed by atoms with Crippen molar-refractivity contribution in [1.82, 2.24) is 5.32 Å². The monoisotopic (exact) mass is 191 g/mol. The molecular formula is C11H13NO2. The molecule has 1 N–H and O–H groups in total. The fourth-order valence-corrected chi connectivity index (χ4v) is 1.63. The summed E-state index contributed by atoms with van der Waals surface area (Å²) in [6.45, 7) is 3.97. The van der Waals surface area contributed by atoms with Crippen molar-refractivity contribution in [2.45, 2.75) is 26.0 Å². The Bertz CT molecular complexity index is 345. The lowest BCUT2D eigenvalue weighted by molar-refractivity contribution is 0.134. The van der Waals surface area contributed by atoms with Gasteiger partial charge in [0.1, 0.15) is 6.10 Å². The van der Waals surface area contributed by atoms with Gasteiger partial charge in [-0.05, 0) is 19.4 Å². The first-order valence-electron chi connectivity index (χ1n) is 4.70. The minimum atomic E-state index is -0.330. The number of carbonyl (C=O) groups is 1. The first-order valence-corrected chi connectivity index (χ1v) is 4.70. The topological polar surface area (TPSA) is 38.3 Å². The van der Waals surface area contributed by atoms with Crippen molar-refractivity contribution in [2.24, 2.45) is 0 Å². The van der Waals surface area contributed by atoms with Gasteiger partial charge in [-0.2, -0.15) is 0 Å². The van der Waals surface area contributed by atoms with Gasteiger partial charge in [0.05, 0.1) is 6.04 Å². The summed E-state index contributed by atoms with van der Waals surface area (Å²) < 4.78 is 5.15. The molecule has 1 fully saturated rings. The molecule has 1 aromatic rings. The fraction of sp³-hybridized carbons (Fsp3) is 0.364. The normalized spacial score (nSPS) is 25.7. The highest BCUT2D eigenvalue weighted by molar-refractivity contribution is 5.70. The van der Waals surface area contributed by atoms with E-state index in [-0.39, 0.29) is 18.2 Å². The van der Waals surface area contributed by atoms with E-state index in [1.54, 1.807) is 0 Å². The number of benzene rings is 1. The molecule has 0 aromatic heterocycles. The molecule has 1 saturated heterocycles. The van der Waals surface area contributed by atoms with Crippen LogP contribution in [0.2, 0.25) is 0 Å². The van der Waals surface area contributed by atoms with Gasteiger partial charge in [-0.1, -0.05) is 29.8 Å². The number of rotatable bonds is 1. The molecule has 1 aromatic carbocycles. The Kier molecular flexibility index (Phi) is 2.15. The number of nitrogens with one attached hydrogen (secondary N) is 1. The van der Waals surface area contributed by atoms with Crippen molar-refractivity contribution in [2.75, 3.05) is 0 Å². The first-order chi connectivity index (χ1) is 6.66. The van der Waals surface area contributed by atoms with Gasteiger partial charge in [0, 0.05) is 0 Å². The molecule has 2 rings (SSSR count). The molecule has 1 aliphatic rings. The summed E-state index contributed by atoms with van der Waals surface area (Å²) in [5.41, 5.74) is 2.25. The minimum absolute atomic E-state index is 0.0465. The number of ether oxygens (including phenoxy) is 1. The lowest BCUT2D eigenvalue weighted by Gasteiger charge is -2.12. The number of carbonyl (C=O) groups excluding carboxylic acids is 1. The van der Waals surface area contributed by atoms with Crippen LogP contribution in [0.15, 0.2) is 24.3 Å². The number of hydrogen-bond donors (Lipinski definition) is 1. The quantitative estimate of drug-likeness (QED) is 0.738. The molecule has 14 heavy (non-hydrogen) atoms. The van der Waals surface area contributed by atoms with Crippen LogP contribution in [0.4, 0.5) is 4.79 Å². The zero-order valence-electron chi connectivity index (χ0n) is 8.28. The molecular weight excluding hydrogens is 178 g/mol. The molecule has 0 unspecified atom stereocenters. The number of hydrogen-bond acceptors (Lipinski definition) is 2. The largest absolute Gasteiger partial charge is 0.439 e. The molecule has 3 nitrogen and oxygen atoms in total. The van der Waals surface area contributed by atoms with Crippen molar-refractivity contribution in [3.8, 4) is 0 Å². The summed E-state index contributed by atoms with van der Waals surface area (Å²) in [5.74, 6) is 0. The fourth-order valence-electron chi connectivity index (χ4n) is 1.63. The van der Waals surface area contributed by atoms with Gasteiger partial charge in [-0.3, -0.25) is 0 Å². The highest BCUT2D eigenvalue weighted by Crippen LogP contribution is 2.25. The van der Waals surface area contributed by atoms with Crippen LogP contribution in [0.1, 0.15) is 24.2 Å². The van der Waals surface area contributed by atoms with Gasteiger partial charge >= 0.3 is 6.09 Å². The summed E-state index contributed by atoms with van der Waals surface area (Å²) in [4.78, 5) is 11.0. The average molecular weight is 191 g/mol. The first kappa shape index (κ1) is 9.06. The molecule has 3 heteroatoms. The Balaban J connectivity index is 2.23. The second-order valence-electron chi connectivity index (χ2n) is 3.67. The standard InChI is InChI=1S/C11H13NO2/c1-7-3-5-9(6-4-7)10-8(2)12-11(13)14-10/h3-6,8,10H,1-2H3,(H,12,13)/t8-,10-/m1/s1. The Morgan fingerprint density at radius 1 is 1.29 bits per heavy atom. The third-order valence-corrected chi connectivity index (χ3v) is 2.44. The van der Waals surface area contributed by atoms with Gasteiger partial charge in [-0.25, -0.2) is 4.79 Å². The smallest absolute Gasteiger partial charge is 0.408 e. The van der Waals surface area contributed by atoms with Crippen molar-refractivity contribution < 1.29 is 9.53 Å². The maximum absolute atomic E-state index is 11.0. The highest BCUT2D eigenvalue weighted by Gasteiger charge is 2.31. The predicted molar refractivity (Wildman–Crippen MR) is 53.0 cm³/mol. The molecule has 0 bridgehead atoms. The van der Waals surface area contributed by atoms with Crippen LogP contribution in [0.25, 0.3) is 0 Å². The van der Waals surface area contributed by atoms with E-state index in [2.05, 4.69) is 5.32 Å². The van der Waals surface area contributed by atoms with E-state index in [1.807, 2.05) is 38.1 Å². The zero-order chi connectivity index (χ0) is 10.1. The number of aryl methyl sites for hydroxylation is 1. The third-order valence-electron chi connectivity index (χ3n) is 2.44. The van der Waals surface area contributed by atoms with E-state index in [4.69, 9.17) is 4.74 Å². The molecule has 0 spiro atoms. The molecule has 0 saturated carbocycles. The van der Waals surface area contributed by atoms with Crippen LogP contribution < -0.4 is 5.32 Å². The average Bonchev–Trinajstić information content (AvgIpc) is 2.47. The van der Waals surface area contributed by atoms with Crippen LogP contribution in [-0.4, -0.2) is 12.1 Å². The van der Waals surface area contributed by atoms with Crippen molar-refractivity contribution >= 4 is 6.09 Å². The maximum Gasteiger partial charge on any atom is 0.408 e. The SMILES string of the molecule is Cc1ccc([C@@H]2OC(=O)N[C@@H]2C)cc1. The lowest BCUT2D eigenvalue weighted by atomic mass is 10.0. The van der Waals surface area contributed by atoms with Crippen molar-refractivity contribution in [3.63, 3.8) is 0 Å². The van der Waals surface area contributed by atoms with Gasteiger partial charge in [0.2, 0.25) is 0 Å². The van der Waals surface area contributed by atoms with Crippen molar-refractivity contribution in [3.05, 3.63) is 35.4 Å². The van der Waals surface area contributed by atoms with E-state index in [0.717, 1.165) is 5.56 Å². The Labute approximate surface area is 83.1 Å². The van der Waals surface area contributed by atoms with Crippen LogP contribution in [0.5, 0.6) is 0 Å². The van der Waals surface area contributed by atoms with Crippen LogP contribution in [0.3, 0.4) is 0 Å². The Hall–Kier alpha value is -1.51. The minimum Gasteiger partial charge on any atom is -0.439 e. The number of alkyl carbamates (subject to hydrolysis) is 1. The molecule has 74 valence electrons. The van der Waals surface area contributed by atoms with Gasteiger partial charge < -0.3 is 10.1 Å². The number of cyclic esters (lactones) is 1. The van der Waals surface area contributed by atoms with E-state index in [9.17, 15) is 4.79 Å². The summed E-state index contributed by atoms with van der Waals surface area (Å²) in [6.07, 6.45) is -0.480. The third kappa shape index (κ3) is 1.58. The number of amides is 1. The van der Waals surface area contributed by atoms with Gasteiger partial charge in [0.15, 0.2) is 0 Å². The van der Waals surface area contributed by atoms with Gasteiger partial charge in [0.25, 0.3) is 0 Å². The van der Waals surface area contributed by atoms with E-state index in [0.29, 0.717) is 0 Å². The van der Waals surface area contributed by atoms with E-state index in [1.165, 1.54) is 5.56 Å². The summed E-state index contributed by atoms with van der Waals surface area (Å²) in [7, 11) is 0. The van der Waals surface area contributed by atoms with Crippen molar-refractivity contribution in [1.29, 1.82) is 0 Å². The van der Waals surface area contributed by atoms with Gasteiger partial charge in [-0.15, -0.1) is 0 Å². The zero-order valence-corrected chi connectivity index (χ0v) is 8.28. The van der Waals surface area contributed by atoms with Crippen LogP contribution in [-0.2, 0) is 4.74 Å². The maximum atomic E-state index is 11.0.